The molecule has 0 bridgehead atoms. The average molecular weight is 298 g/mol. The SMILES string of the molecule is CNS(=O)(=O)c1ccccc1N1CCCCC1C(=O)O. The summed E-state index contributed by atoms with van der Waals surface area (Å²) in [6.45, 7) is 0.549. The number of carboxylic acid groups (broad SMARTS) is 1. The third-order valence-corrected chi connectivity index (χ3v) is 4.98. The number of anilines is 1. The smallest absolute Gasteiger partial charge is 0.326 e. The van der Waals surface area contributed by atoms with E-state index in [4.69, 9.17) is 0 Å². The van der Waals surface area contributed by atoms with Crippen LogP contribution in [-0.4, -0.2) is 39.1 Å². The van der Waals surface area contributed by atoms with Gasteiger partial charge in [-0.05, 0) is 38.4 Å². The second-order valence-corrected chi connectivity index (χ2v) is 6.57. The predicted octanol–water partition coefficient (Wildman–Crippen LogP) is 1.04. The summed E-state index contributed by atoms with van der Waals surface area (Å²) < 4.78 is 26.4. The van der Waals surface area contributed by atoms with Crippen molar-refractivity contribution in [3.63, 3.8) is 0 Å². The zero-order valence-corrected chi connectivity index (χ0v) is 12.1. The summed E-state index contributed by atoms with van der Waals surface area (Å²) in [5, 5.41) is 9.31. The highest BCUT2D eigenvalue weighted by molar-refractivity contribution is 7.89. The maximum Gasteiger partial charge on any atom is 0.326 e. The quantitative estimate of drug-likeness (QED) is 0.867. The highest BCUT2D eigenvalue weighted by Crippen LogP contribution is 2.30. The largest absolute Gasteiger partial charge is 0.480 e. The number of piperidine rings is 1. The summed E-state index contributed by atoms with van der Waals surface area (Å²) in [6, 6.07) is 5.84. The van der Waals surface area contributed by atoms with E-state index >= 15 is 0 Å². The van der Waals surface area contributed by atoms with Crippen molar-refractivity contribution in [3.8, 4) is 0 Å². The first-order valence-corrected chi connectivity index (χ1v) is 7.97. The molecule has 0 radical (unpaired) electrons. The minimum atomic E-state index is -3.61. The maximum absolute atomic E-state index is 12.1. The first-order valence-electron chi connectivity index (χ1n) is 6.49. The molecular weight excluding hydrogens is 280 g/mol. The second-order valence-electron chi connectivity index (χ2n) is 4.72. The van der Waals surface area contributed by atoms with Crippen molar-refractivity contribution in [2.75, 3.05) is 18.5 Å². The van der Waals surface area contributed by atoms with Crippen LogP contribution in [0.4, 0.5) is 5.69 Å². The van der Waals surface area contributed by atoms with Gasteiger partial charge < -0.3 is 10.0 Å². The number of aliphatic carboxylic acids is 1. The van der Waals surface area contributed by atoms with E-state index in [1.165, 1.54) is 13.1 Å². The zero-order valence-electron chi connectivity index (χ0n) is 11.2. The van der Waals surface area contributed by atoms with Gasteiger partial charge in [0.1, 0.15) is 10.9 Å². The van der Waals surface area contributed by atoms with Crippen molar-refractivity contribution in [1.82, 2.24) is 4.72 Å². The summed E-state index contributed by atoms with van der Waals surface area (Å²) >= 11 is 0. The minimum absolute atomic E-state index is 0.121. The van der Waals surface area contributed by atoms with Crippen LogP contribution in [0.25, 0.3) is 0 Å². The van der Waals surface area contributed by atoms with Crippen LogP contribution in [0.15, 0.2) is 29.2 Å². The molecule has 7 heteroatoms. The van der Waals surface area contributed by atoms with Crippen molar-refractivity contribution in [1.29, 1.82) is 0 Å². The normalized spacial score (nSPS) is 19.9. The molecule has 0 saturated carbocycles. The van der Waals surface area contributed by atoms with Gasteiger partial charge in [-0.2, -0.15) is 0 Å². The standard InChI is InChI=1S/C13H18N2O4S/c1-14-20(18,19)12-8-3-2-6-10(12)15-9-5-4-7-11(15)13(16)17/h2-3,6,8,11,14H,4-5,7,9H2,1H3,(H,16,17). The Labute approximate surface area is 118 Å². The number of sulfonamides is 1. The minimum Gasteiger partial charge on any atom is -0.480 e. The molecule has 6 nitrogen and oxygen atoms in total. The number of carbonyl (C=O) groups is 1. The lowest BCUT2D eigenvalue weighted by atomic mass is 10.0. The summed E-state index contributed by atoms with van der Waals surface area (Å²) in [6.07, 6.45) is 2.23. The molecule has 110 valence electrons. The monoisotopic (exact) mass is 298 g/mol. The molecule has 0 aromatic heterocycles. The fourth-order valence-electron chi connectivity index (χ4n) is 2.51. The van der Waals surface area contributed by atoms with Gasteiger partial charge in [0.2, 0.25) is 10.0 Å². The Balaban J connectivity index is 2.49. The zero-order chi connectivity index (χ0) is 14.8. The lowest BCUT2D eigenvalue weighted by Gasteiger charge is -2.35. The summed E-state index contributed by atoms with van der Waals surface area (Å²) in [7, 11) is -2.27. The van der Waals surface area contributed by atoms with E-state index in [9.17, 15) is 18.3 Å². The van der Waals surface area contributed by atoms with Crippen molar-refractivity contribution >= 4 is 21.7 Å². The molecule has 2 N–H and O–H groups in total. The van der Waals surface area contributed by atoms with Crippen LogP contribution < -0.4 is 9.62 Å². The lowest BCUT2D eigenvalue weighted by Crippen LogP contribution is -2.45. The van der Waals surface area contributed by atoms with Crippen LogP contribution in [0.2, 0.25) is 0 Å². The molecule has 0 aliphatic carbocycles. The van der Waals surface area contributed by atoms with Gasteiger partial charge in [-0.1, -0.05) is 12.1 Å². The van der Waals surface area contributed by atoms with Gasteiger partial charge in [-0.3, -0.25) is 0 Å². The number of para-hydroxylation sites is 1. The lowest BCUT2D eigenvalue weighted by molar-refractivity contribution is -0.139. The Bertz CT molecular complexity index is 600. The second kappa shape index (κ2) is 5.80. The van der Waals surface area contributed by atoms with Gasteiger partial charge in [0.15, 0.2) is 0 Å². The van der Waals surface area contributed by atoms with E-state index in [1.807, 2.05) is 0 Å². The molecule has 0 spiro atoms. The number of hydrogen-bond donors (Lipinski definition) is 2. The molecular formula is C13H18N2O4S. The summed E-state index contributed by atoms with van der Waals surface area (Å²) in [5.41, 5.74) is 0.453. The summed E-state index contributed by atoms with van der Waals surface area (Å²) in [5.74, 6) is -0.915. The molecule has 1 saturated heterocycles. The molecule has 1 atom stereocenters. The third-order valence-electron chi connectivity index (χ3n) is 3.52. The molecule has 20 heavy (non-hydrogen) atoms. The molecule has 1 aliphatic heterocycles. The summed E-state index contributed by atoms with van der Waals surface area (Å²) in [4.78, 5) is 13.2. The Hall–Kier alpha value is -1.60. The van der Waals surface area contributed by atoms with Crippen LogP contribution in [0.1, 0.15) is 19.3 Å². The van der Waals surface area contributed by atoms with Crippen LogP contribution in [0.5, 0.6) is 0 Å². The highest BCUT2D eigenvalue weighted by atomic mass is 32.2. The van der Waals surface area contributed by atoms with E-state index in [2.05, 4.69) is 4.72 Å². The van der Waals surface area contributed by atoms with Gasteiger partial charge >= 0.3 is 5.97 Å². The Morgan fingerprint density at radius 1 is 1.35 bits per heavy atom. The molecule has 0 amide bonds. The van der Waals surface area contributed by atoms with E-state index in [-0.39, 0.29) is 4.90 Å². The Morgan fingerprint density at radius 2 is 2.05 bits per heavy atom. The van der Waals surface area contributed by atoms with Gasteiger partial charge in [0.05, 0.1) is 5.69 Å². The van der Waals surface area contributed by atoms with Crippen LogP contribution in [0.3, 0.4) is 0 Å². The molecule has 1 aromatic rings. The highest BCUT2D eigenvalue weighted by Gasteiger charge is 2.31. The number of hydrogen-bond acceptors (Lipinski definition) is 4. The van der Waals surface area contributed by atoms with E-state index < -0.39 is 22.0 Å². The van der Waals surface area contributed by atoms with Crippen molar-refractivity contribution < 1.29 is 18.3 Å². The average Bonchev–Trinajstić information content (AvgIpc) is 2.47. The predicted molar refractivity (Wildman–Crippen MR) is 75.3 cm³/mol. The molecule has 1 fully saturated rings. The van der Waals surface area contributed by atoms with Crippen LogP contribution >= 0.6 is 0 Å². The Kier molecular flexibility index (Phi) is 4.29. The van der Waals surface area contributed by atoms with Gasteiger partial charge in [0.25, 0.3) is 0 Å². The van der Waals surface area contributed by atoms with Gasteiger partial charge in [0, 0.05) is 6.54 Å². The molecule has 1 aromatic carbocycles. The third kappa shape index (κ3) is 2.78. The van der Waals surface area contributed by atoms with Crippen molar-refractivity contribution in [2.24, 2.45) is 0 Å². The number of benzene rings is 1. The fraction of sp³-hybridized carbons (Fsp3) is 0.462. The van der Waals surface area contributed by atoms with Crippen molar-refractivity contribution in [3.05, 3.63) is 24.3 Å². The number of carboxylic acids is 1. The number of nitrogens with zero attached hydrogens (tertiary/aromatic N) is 1. The van der Waals surface area contributed by atoms with Gasteiger partial charge in [-0.15, -0.1) is 0 Å². The van der Waals surface area contributed by atoms with Crippen LogP contribution in [-0.2, 0) is 14.8 Å². The van der Waals surface area contributed by atoms with Gasteiger partial charge in [-0.25, -0.2) is 17.9 Å². The number of nitrogens with one attached hydrogen (secondary N) is 1. The van der Waals surface area contributed by atoms with E-state index in [0.29, 0.717) is 18.7 Å². The van der Waals surface area contributed by atoms with Crippen LogP contribution in [0, 0.1) is 0 Å². The molecule has 2 rings (SSSR count). The topological polar surface area (TPSA) is 86.7 Å². The maximum atomic E-state index is 12.1. The fourth-order valence-corrected chi connectivity index (χ4v) is 3.45. The van der Waals surface area contributed by atoms with E-state index in [0.717, 1.165) is 12.8 Å². The molecule has 1 heterocycles. The molecule has 1 unspecified atom stereocenters. The number of rotatable bonds is 4. The first kappa shape index (κ1) is 14.8. The first-order chi connectivity index (χ1) is 9.47. The van der Waals surface area contributed by atoms with Crippen molar-refractivity contribution in [2.45, 2.75) is 30.2 Å². The molecule has 1 aliphatic rings. The van der Waals surface area contributed by atoms with E-state index in [1.54, 1.807) is 23.1 Å². The Morgan fingerprint density at radius 3 is 2.70 bits per heavy atom.